The zero-order valence-electron chi connectivity index (χ0n) is 14.8. The van der Waals surface area contributed by atoms with E-state index in [4.69, 9.17) is 4.74 Å². The van der Waals surface area contributed by atoms with Crippen LogP contribution >= 0.6 is 0 Å². The van der Waals surface area contributed by atoms with Gasteiger partial charge in [-0.15, -0.1) is 0 Å². The van der Waals surface area contributed by atoms with E-state index in [1.165, 1.54) is 63.5 Å². The van der Waals surface area contributed by atoms with Gasteiger partial charge in [-0.3, -0.25) is 9.59 Å². The molecule has 0 aliphatic heterocycles. The second kappa shape index (κ2) is 12.6. The van der Waals surface area contributed by atoms with Crippen molar-refractivity contribution in [1.29, 1.82) is 0 Å². The normalized spacial score (nSPS) is 10.5. The molecule has 0 atom stereocenters. The molecule has 4 heteroatoms. The number of unbranched alkanes of at least 4 members (excludes halogenated alkanes) is 9. The highest BCUT2D eigenvalue weighted by Gasteiger charge is 2.09. The first-order valence-electron chi connectivity index (χ1n) is 9.13. The summed E-state index contributed by atoms with van der Waals surface area (Å²) < 4.78 is 5.60. The van der Waals surface area contributed by atoms with E-state index in [1.54, 1.807) is 0 Å². The minimum atomic E-state index is -0.196. The lowest BCUT2D eigenvalue weighted by Gasteiger charge is -2.10. The van der Waals surface area contributed by atoms with Gasteiger partial charge < -0.3 is 9.84 Å². The largest absolute Gasteiger partial charge is 0.507 e. The van der Waals surface area contributed by atoms with E-state index < -0.39 is 0 Å². The van der Waals surface area contributed by atoms with Gasteiger partial charge in [0.2, 0.25) is 0 Å². The van der Waals surface area contributed by atoms with Crippen molar-refractivity contribution in [3.63, 3.8) is 0 Å². The number of aldehydes is 2. The molecule has 1 rings (SSSR count). The van der Waals surface area contributed by atoms with E-state index >= 15 is 0 Å². The number of hydrogen-bond acceptors (Lipinski definition) is 4. The molecule has 1 N–H and O–H groups in total. The van der Waals surface area contributed by atoms with Gasteiger partial charge >= 0.3 is 0 Å². The highest BCUT2D eigenvalue weighted by atomic mass is 16.5. The molecule has 0 amide bonds. The quantitative estimate of drug-likeness (QED) is 0.369. The highest BCUT2D eigenvalue weighted by molar-refractivity contribution is 5.86. The molecule has 0 aromatic heterocycles. The lowest BCUT2D eigenvalue weighted by molar-refractivity contribution is 0.110. The van der Waals surface area contributed by atoms with Crippen molar-refractivity contribution in [2.45, 2.75) is 71.1 Å². The molecule has 0 aliphatic carbocycles. The smallest absolute Gasteiger partial charge is 0.153 e. The van der Waals surface area contributed by atoms with E-state index in [1.807, 2.05) is 0 Å². The molecule has 0 heterocycles. The number of benzene rings is 1. The number of ether oxygens (including phenoxy) is 1. The van der Waals surface area contributed by atoms with Gasteiger partial charge in [-0.1, -0.05) is 64.7 Å². The van der Waals surface area contributed by atoms with E-state index in [9.17, 15) is 14.7 Å². The van der Waals surface area contributed by atoms with Gasteiger partial charge in [-0.05, 0) is 18.6 Å². The summed E-state index contributed by atoms with van der Waals surface area (Å²) >= 11 is 0. The third kappa shape index (κ3) is 7.62. The second-order valence-electron chi connectivity index (χ2n) is 6.21. The van der Waals surface area contributed by atoms with Crippen molar-refractivity contribution in [3.05, 3.63) is 23.3 Å². The van der Waals surface area contributed by atoms with Crippen LogP contribution in [-0.2, 0) is 0 Å². The average molecular weight is 334 g/mol. The van der Waals surface area contributed by atoms with Crippen LogP contribution in [0.2, 0.25) is 0 Å². The van der Waals surface area contributed by atoms with Crippen molar-refractivity contribution < 1.29 is 19.4 Å². The van der Waals surface area contributed by atoms with Crippen LogP contribution in [0, 0.1) is 0 Å². The minimum Gasteiger partial charge on any atom is -0.507 e. The van der Waals surface area contributed by atoms with E-state index in [2.05, 4.69) is 6.92 Å². The Morgan fingerprint density at radius 3 is 1.92 bits per heavy atom. The number of rotatable bonds is 14. The monoisotopic (exact) mass is 334 g/mol. The predicted octanol–water partition coefficient (Wildman–Crippen LogP) is 5.32. The third-order valence-corrected chi connectivity index (χ3v) is 4.17. The molecule has 1 aromatic rings. The molecule has 0 unspecified atom stereocenters. The number of phenolic OH excluding ortho intramolecular Hbond substituents is 1. The highest BCUT2D eigenvalue weighted by Crippen LogP contribution is 2.26. The summed E-state index contributed by atoms with van der Waals surface area (Å²) in [6.07, 6.45) is 13.7. The Labute approximate surface area is 145 Å². The second-order valence-corrected chi connectivity index (χ2v) is 6.21. The number of hydrogen-bond donors (Lipinski definition) is 1. The van der Waals surface area contributed by atoms with Gasteiger partial charge in [0.05, 0.1) is 17.7 Å². The number of aromatic hydroxyl groups is 1. The maximum atomic E-state index is 11.0. The Balaban J connectivity index is 2.17. The summed E-state index contributed by atoms with van der Waals surface area (Å²) in [7, 11) is 0. The molecule has 1 aromatic carbocycles. The molecule has 0 aliphatic rings. The van der Waals surface area contributed by atoms with Gasteiger partial charge in [0.1, 0.15) is 11.5 Å². The van der Waals surface area contributed by atoms with Crippen molar-refractivity contribution >= 4 is 12.6 Å². The molecular weight excluding hydrogens is 304 g/mol. The Hall–Kier alpha value is -1.84. The third-order valence-electron chi connectivity index (χ3n) is 4.17. The molecular formula is C20H30O4. The van der Waals surface area contributed by atoms with Crippen LogP contribution in [-0.4, -0.2) is 24.3 Å². The zero-order chi connectivity index (χ0) is 17.6. The maximum absolute atomic E-state index is 11.0. The van der Waals surface area contributed by atoms with Crippen molar-refractivity contribution in [1.82, 2.24) is 0 Å². The van der Waals surface area contributed by atoms with E-state index in [0.29, 0.717) is 24.9 Å². The van der Waals surface area contributed by atoms with Gasteiger partial charge in [-0.25, -0.2) is 0 Å². The first-order valence-corrected chi connectivity index (χ1v) is 9.13. The van der Waals surface area contributed by atoms with Crippen LogP contribution in [0.3, 0.4) is 0 Å². The SMILES string of the molecule is CCCCCCCCCCCCOc1cc(C=O)c(O)cc1C=O. The van der Waals surface area contributed by atoms with Crippen LogP contribution < -0.4 is 4.74 Å². The molecule has 24 heavy (non-hydrogen) atoms. The lowest BCUT2D eigenvalue weighted by Crippen LogP contribution is -2.01. The first kappa shape index (κ1) is 20.2. The molecule has 134 valence electrons. The Morgan fingerprint density at radius 1 is 0.833 bits per heavy atom. The number of carbonyl (C=O) groups excluding carboxylic acids is 2. The van der Waals surface area contributed by atoms with Crippen molar-refractivity contribution in [2.24, 2.45) is 0 Å². The standard InChI is InChI=1S/C20H30O4/c1-2-3-4-5-6-7-8-9-10-11-12-24-20-14-17(15-21)19(23)13-18(20)16-22/h13-16,23H,2-12H2,1H3. The number of carbonyl (C=O) groups is 2. The minimum absolute atomic E-state index is 0.138. The van der Waals surface area contributed by atoms with E-state index in [0.717, 1.165) is 12.8 Å². The van der Waals surface area contributed by atoms with Crippen LogP contribution in [0.5, 0.6) is 11.5 Å². The fourth-order valence-corrected chi connectivity index (χ4v) is 2.68. The Morgan fingerprint density at radius 2 is 1.38 bits per heavy atom. The number of phenols is 1. The summed E-state index contributed by atoms with van der Waals surface area (Å²) in [5, 5.41) is 9.56. The lowest BCUT2D eigenvalue weighted by atomic mass is 10.1. The Kier molecular flexibility index (Phi) is 10.6. The molecule has 0 saturated heterocycles. The molecule has 0 fully saturated rings. The van der Waals surface area contributed by atoms with Crippen LogP contribution in [0.25, 0.3) is 0 Å². The van der Waals surface area contributed by atoms with Crippen molar-refractivity contribution in [3.8, 4) is 11.5 Å². The summed E-state index contributed by atoms with van der Waals surface area (Å²) in [4.78, 5) is 21.8. The van der Waals surface area contributed by atoms with Gasteiger partial charge in [-0.2, -0.15) is 0 Å². The molecule has 0 bridgehead atoms. The summed E-state index contributed by atoms with van der Waals surface area (Å²) in [5.74, 6) is 0.166. The van der Waals surface area contributed by atoms with Crippen LogP contribution in [0.1, 0.15) is 91.8 Å². The van der Waals surface area contributed by atoms with E-state index in [-0.39, 0.29) is 16.9 Å². The molecule has 4 nitrogen and oxygen atoms in total. The summed E-state index contributed by atoms with van der Waals surface area (Å²) in [6, 6.07) is 2.69. The fourth-order valence-electron chi connectivity index (χ4n) is 2.68. The van der Waals surface area contributed by atoms with Crippen LogP contribution in [0.15, 0.2) is 12.1 Å². The van der Waals surface area contributed by atoms with Crippen molar-refractivity contribution in [2.75, 3.05) is 6.61 Å². The average Bonchev–Trinajstić information content (AvgIpc) is 2.60. The summed E-state index contributed by atoms with van der Waals surface area (Å²) in [5.41, 5.74) is 0.406. The Bertz CT molecular complexity index is 497. The summed E-state index contributed by atoms with van der Waals surface area (Å²) in [6.45, 7) is 2.75. The van der Waals surface area contributed by atoms with Gasteiger partial charge in [0.25, 0.3) is 0 Å². The molecule has 0 saturated carbocycles. The van der Waals surface area contributed by atoms with Gasteiger partial charge in [0.15, 0.2) is 12.6 Å². The predicted molar refractivity (Wildman–Crippen MR) is 96.2 cm³/mol. The topological polar surface area (TPSA) is 63.6 Å². The van der Waals surface area contributed by atoms with Crippen LogP contribution in [0.4, 0.5) is 0 Å². The molecule has 0 spiro atoms. The zero-order valence-corrected chi connectivity index (χ0v) is 14.8. The fraction of sp³-hybridized carbons (Fsp3) is 0.600. The maximum Gasteiger partial charge on any atom is 0.153 e. The van der Waals surface area contributed by atoms with Gasteiger partial charge in [0, 0.05) is 0 Å². The molecule has 0 radical (unpaired) electrons. The first-order chi connectivity index (χ1) is 11.7.